The van der Waals surface area contributed by atoms with Crippen LogP contribution < -0.4 is 0 Å². The number of alkyl halides is 2. The zero-order valence-electron chi connectivity index (χ0n) is 8.24. The maximum Gasteiger partial charge on any atom is 0.316 e. The van der Waals surface area contributed by atoms with Crippen molar-refractivity contribution in [2.45, 2.75) is 25.7 Å². The second-order valence-electron chi connectivity index (χ2n) is 3.57. The van der Waals surface area contributed by atoms with Crippen molar-refractivity contribution in [2.24, 2.45) is 0 Å². The zero-order chi connectivity index (χ0) is 11.6. The number of rotatable bonds is 3. The van der Waals surface area contributed by atoms with Crippen LogP contribution in [0.15, 0.2) is 12.4 Å². The van der Waals surface area contributed by atoms with Crippen LogP contribution in [0.25, 0.3) is 0 Å². The Hall–Kier alpha value is -1.59. The summed E-state index contributed by atoms with van der Waals surface area (Å²) in [6.45, 7) is 2.82. The molecule has 0 amide bonds. The third kappa shape index (κ3) is 2.26. The first-order chi connectivity index (χ1) is 6.85. The van der Waals surface area contributed by atoms with Gasteiger partial charge in [0.15, 0.2) is 0 Å². The van der Waals surface area contributed by atoms with Crippen molar-refractivity contribution >= 4 is 5.97 Å². The van der Waals surface area contributed by atoms with E-state index >= 15 is 0 Å². The van der Waals surface area contributed by atoms with Gasteiger partial charge in [-0.25, -0.2) is 18.7 Å². The van der Waals surface area contributed by atoms with Crippen LogP contribution in [0.3, 0.4) is 0 Å². The summed E-state index contributed by atoms with van der Waals surface area (Å²) in [7, 11) is 0. The number of hydrogen-bond donors (Lipinski definition) is 1. The number of hydrogen-bond acceptors (Lipinski definition) is 3. The number of halogens is 2. The number of carboxylic acids is 1. The molecule has 4 nitrogen and oxygen atoms in total. The third-order valence-corrected chi connectivity index (χ3v) is 2.02. The van der Waals surface area contributed by atoms with Crippen molar-refractivity contribution in [3.05, 3.63) is 23.8 Å². The third-order valence-electron chi connectivity index (χ3n) is 2.02. The van der Waals surface area contributed by atoms with E-state index in [-0.39, 0.29) is 11.4 Å². The van der Waals surface area contributed by atoms with E-state index in [0.717, 1.165) is 12.4 Å². The lowest BCUT2D eigenvalue weighted by Gasteiger charge is -2.16. The highest BCUT2D eigenvalue weighted by Crippen LogP contribution is 2.21. The van der Waals surface area contributed by atoms with Crippen LogP contribution in [0.5, 0.6) is 0 Å². The Labute approximate surface area is 85.0 Å². The molecule has 1 rings (SSSR count). The number of carboxylic acid groups (broad SMARTS) is 1. The second kappa shape index (κ2) is 3.88. The van der Waals surface area contributed by atoms with Gasteiger partial charge in [-0.3, -0.25) is 4.79 Å². The Bertz CT molecular complexity index is 363. The van der Waals surface area contributed by atoms with Gasteiger partial charge in [-0.05, 0) is 13.8 Å². The monoisotopic (exact) mass is 216 g/mol. The second-order valence-corrected chi connectivity index (χ2v) is 3.57. The van der Waals surface area contributed by atoms with Crippen LogP contribution in [0.1, 0.15) is 31.7 Å². The summed E-state index contributed by atoms with van der Waals surface area (Å²) in [4.78, 5) is 18.1. The van der Waals surface area contributed by atoms with Gasteiger partial charge in [0.05, 0.1) is 5.56 Å². The van der Waals surface area contributed by atoms with E-state index in [1.165, 1.54) is 13.8 Å². The van der Waals surface area contributed by atoms with Crippen molar-refractivity contribution in [1.29, 1.82) is 0 Å². The first-order valence-electron chi connectivity index (χ1n) is 4.19. The molecule has 0 radical (unpaired) electrons. The van der Waals surface area contributed by atoms with Crippen molar-refractivity contribution in [1.82, 2.24) is 9.97 Å². The number of nitrogens with zero attached hydrogens (tertiary/aromatic N) is 2. The van der Waals surface area contributed by atoms with Crippen LogP contribution in [0.2, 0.25) is 0 Å². The van der Waals surface area contributed by atoms with Gasteiger partial charge in [-0.15, -0.1) is 0 Å². The van der Waals surface area contributed by atoms with Gasteiger partial charge in [0, 0.05) is 12.4 Å². The molecule has 1 heterocycles. The summed E-state index contributed by atoms with van der Waals surface area (Å²) in [5, 5.41) is 8.85. The fourth-order valence-electron chi connectivity index (χ4n) is 0.869. The molecule has 0 spiro atoms. The van der Waals surface area contributed by atoms with Crippen molar-refractivity contribution in [2.75, 3.05) is 0 Å². The minimum atomic E-state index is -2.65. The molecule has 1 aromatic heterocycles. The summed E-state index contributed by atoms with van der Waals surface area (Å²) in [5.41, 5.74) is -1.60. The Morgan fingerprint density at radius 1 is 1.40 bits per heavy atom. The van der Waals surface area contributed by atoms with E-state index in [9.17, 15) is 13.6 Å². The van der Waals surface area contributed by atoms with E-state index in [1.807, 2.05) is 0 Å². The van der Waals surface area contributed by atoms with E-state index < -0.39 is 17.8 Å². The summed E-state index contributed by atoms with van der Waals surface area (Å²) >= 11 is 0. The summed E-state index contributed by atoms with van der Waals surface area (Å²) < 4.78 is 24.3. The lowest BCUT2D eigenvalue weighted by molar-refractivity contribution is -0.142. The quantitative estimate of drug-likeness (QED) is 0.836. The molecule has 0 unspecified atom stereocenters. The van der Waals surface area contributed by atoms with Crippen LogP contribution in [-0.2, 0) is 10.2 Å². The SMILES string of the molecule is CC(C)(C(=O)O)c1ncc(C(F)F)cn1. The first-order valence-corrected chi connectivity index (χ1v) is 4.19. The summed E-state index contributed by atoms with van der Waals surface area (Å²) in [6.07, 6.45) is -0.762. The molecule has 1 aromatic rings. The predicted octanol–water partition coefficient (Wildman–Crippen LogP) is 1.78. The van der Waals surface area contributed by atoms with Gasteiger partial charge in [0.25, 0.3) is 6.43 Å². The van der Waals surface area contributed by atoms with Crippen LogP contribution in [0, 0.1) is 0 Å². The molecule has 0 saturated heterocycles. The largest absolute Gasteiger partial charge is 0.481 e. The normalized spacial score (nSPS) is 11.8. The molecule has 1 N–H and O–H groups in total. The van der Waals surface area contributed by atoms with Crippen LogP contribution in [-0.4, -0.2) is 21.0 Å². The molecular weight excluding hydrogens is 206 g/mol. The van der Waals surface area contributed by atoms with Crippen LogP contribution in [0.4, 0.5) is 8.78 Å². The predicted molar refractivity (Wildman–Crippen MR) is 47.7 cm³/mol. The van der Waals surface area contributed by atoms with Gasteiger partial charge in [-0.2, -0.15) is 0 Å². The van der Waals surface area contributed by atoms with Crippen LogP contribution >= 0.6 is 0 Å². The Morgan fingerprint density at radius 3 is 2.20 bits per heavy atom. The highest BCUT2D eigenvalue weighted by atomic mass is 19.3. The van der Waals surface area contributed by atoms with E-state index in [4.69, 9.17) is 5.11 Å². The Morgan fingerprint density at radius 2 is 1.87 bits per heavy atom. The van der Waals surface area contributed by atoms with Crippen molar-refractivity contribution in [3.8, 4) is 0 Å². The van der Waals surface area contributed by atoms with Crippen molar-refractivity contribution in [3.63, 3.8) is 0 Å². The smallest absolute Gasteiger partial charge is 0.316 e. The number of aromatic nitrogens is 2. The molecule has 6 heteroatoms. The average molecular weight is 216 g/mol. The summed E-state index contributed by atoms with van der Waals surface area (Å²) in [5.74, 6) is -1.09. The Balaban J connectivity index is 3.04. The molecule has 0 aliphatic heterocycles. The molecule has 0 aliphatic rings. The molecule has 0 saturated carbocycles. The van der Waals surface area contributed by atoms with Gasteiger partial charge in [0.2, 0.25) is 0 Å². The lowest BCUT2D eigenvalue weighted by atomic mass is 9.93. The van der Waals surface area contributed by atoms with E-state index in [2.05, 4.69) is 9.97 Å². The molecule has 0 fully saturated rings. The standard InChI is InChI=1S/C9H10F2N2O2/c1-9(2,8(14)15)7-12-3-5(4-13-7)6(10)11/h3-4,6H,1-2H3,(H,14,15). The summed E-state index contributed by atoms with van der Waals surface area (Å²) in [6, 6.07) is 0. The first kappa shape index (κ1) is 11.5. The molecule has 15 heavy (non-hydrogen) atoms. The number of carbonyl (C=O) groups is 1. The van der Waals surface area contributed by atoms with E-state index in [0.29, 0.717) is 0 Å². The minimum Gasteiger partial charge on any atom is -0.481 e. The highest BCUT2D eigenvalue weighted by molar-refractivity contribution is 5.78. The molecule has 0 atom stereocenters. The van der Waals surface area contributed by atoms with Crippen molar-refractivity contribution < 1.29 is 18.7 Å². The van der Waals surface area contributed by atoms with E-state index in [1.54, 1.807) is 0 Å². The molecule has 82 valence electrons. The zero-order valence-corrected chi connectivity index (χ0v) is 8.24. The minimum absolute atomic E-state index is 0.0133. The van der Waals surface area contributed by atoms with Gasteiger partial charge < -0.3 is 5.11 Å². The highest BCUT2D eigenvalue weighted by Gasteiger charge is 2.32. The molecule has 0 aromatic carbocycles. The topological polar surface area (TPSA) is 63.1 Å². The number of aliphatic carboxylic acids is 1. The molecule has 0 bridgehead atoms. The van der Waals surface area contributed by atoms with Gasteiger partial charge >= 0.3 is 5.97 Å². The Kier molecular flexibility index (Phi) is 2.97. The fraction of sp³-hybridized carbons (Fsp3) is 0.444. The fourth-order valence-corrected chi connectivity index (χ4v) is 0.869. The van der Waals surface area contributed by atoms with Gasteiger partial charge in [0.1, 0.15) is 11.2 Å². The average Bonchev–Trinajstić information content (AvgIpc) is 2.17. The maximum absolute atomic E-state index is 12.2. The molecule has 0 aliphatic carbocycles. The lowest BCUT2D eigenvalue weighted by Crippen LogP contribution is -2.30. The molecular formula is C9H10F2N2O2. The van der Waals surface area contributed by atoms with Gasteiger partial charge in [-0.1, -0.05) is 0 Å². The maximum atomic E-state index is 12.2.